The summed E-state index contributed by atoms with van der Waals surface area (Å²) in [5.41, 5.74) is 0.731. The molecule has 126 valence electrons. The van der Waals surface area contributed by atoms with Crippen LogP contribution in [0.2, 0.25) is 0 Å². The first kappa shape index (κ1) is 17.9. The second-order valence-electron chi connectivity index (χ2n) is 5.18. The Morgan fingerprint density at radius 3 is 2.46 bits per heavy atom. The van der Waals surface area contributed by atoms with E-state index in [0.717, 1.165) is 6.07 Å². The molecule has 2 rings (SSSR count). The van der Waals surface area contributed by atoms with Crippen molar-refractivity contribution in [1.29, 1.82) is 0 Å². The van der Waals surface area contributed by atoms with E-state index in [1.54, 1.807) is 38.4 Å². The monoisotopic (exact) mass is 394 g/mol. The van der Waals surface area contributed by atoms with Crippen molar-refractivity contribution in [3.8, 4) is 5.75 Å². The Balaban J connectivity index is 1.99. The summed E-state index contributed by atoms with van der Waals surface area (Å²) in [5, 5.41) is 2.67. The number of nitrogens with one attached hydrogen (secondary N) is 1. The van der Waals surface area contributed by atoms with Gasteiger partial charge in [-0.1, -0.05) is 0 Å². The number of ether oxygens (including phenoxy) is 1. The third-order valence-electron chi connectivity index (χ3n) is 3.15. The van der Waals surface area contributed by atoms with Gasteiger partial charge in [0.25, 0.3) is 11.8 Å². The zero-order chi connectivity index (χ0) is 17.7. The molecule has 2 amide bonds. The maximum atomic E-state index is 13.3. The summed E-state index contributed by atoms with van der Waals surface area (Å²) < 4.78 is 19.1. The largest absolute Gasteiger partial charge is 0.484 e. The van der Waals surface area contributed by atoms with Gasteiger partial charge in [-0.05, 0) is 58.4 Å². The molecule has 0 aliphatic heterocycles. The first-order chi connectivity index (χ1) is 11.4. The Labute approximate surface area is 147 Å². The van der Waals surface area contributed by atoms with Crippen LogP contribution in [0.25, 0.3) is 0 Å². The Morgan fingerprint density at radius 2 is 1.83 bits per heavy atom. The SMILES string of the molecule is CN(C)C(=O)COc1ccc(NC(=O)c2cc(F)ccc2Br)cc1. The maximum absolute atomic E-state index is 13.3. The third-order valence-corrected chi connectivity index (χ3v) is 3.84. The highest BCUT2D eigenvalue weighted by molar-refractivity contribution is 9.10. The van der Waals surface area contributed by atoms with Crippen molar-refractivity contribution < 1.29 is 18.7 Å². The second-order valence-corrected chi connectivity index (χ2v) is 6.03. The summed E-state index contributed by atoms with van der Waals surface area (Å²) in [6.07, 6.45) is 0. The summed E-state index contributed by atoms with van der Waals surface area (Å²) in [7, 11) is 3.30. The number of hydrogen-bond donors (Lipinski definition) is 1. The average molecular weight is 395 g/mol. The number of halogens is 2. The van der Waals surface area contributed by atoms with Gasteiger partial charge in [0.15, 0.2) is 6.61 Å². The lowest BCUT2D eigenvalue weighted by Gasteiger charge is -2.12. The van der Waals surface area contributed by atoms with Gasteiger partial charge in [0.1, 0.15) is 11.6 Å². The van der Waals surface area contributed by atoms with Gasteiger partial charge in [0.2, 0.25) is 0 Å². The van der Waals surface area contributed by atoms with E-state index in [9.17, 15) is 14.0 Å². The second kappa shape index (κ2) is 7.92. The van der Waals surface area contributed by atoms with E-state index in [1.165, 1.54) is 17.0 Å². The average Bonchev–Trinajstić information content (AvgIpc) is 2.55. The van der Waals surface area contributed by atoms with Gasteiger partial charge >= 0.3 is 0 Å². The maximum Gasteiger partial charge on any atom is 0.259 e. The summed E-state index contributed by atoms with van der Waals surface area (Å²) in [5.74, 6) is -0.561. The highest BCUT2D eigenvalue weighted by Crippen LogP contribution is 2.21. The van der Waals surface area contributed by atoms with Gasteiger partial charge in [-0.25, -0.2) is 4.39 Å². The van der Waals surface area contributed by atoms with Crippen LogP contribution in [0.4, 0.5) is 10.1 Å². The van der Waals surface area contributed by atoms with E-state index in [-0.39, 0.29) is 18.1 Å². The van der Waals surface area contributed by atoms with Gasteiger partial charge in [-0.2, -0.15) is 0 Å². The minimum Gasteiger partial charge on any atom is -0.484 e. The van der Waals surface area contributed by atoms with Gasteiger partial charge in [0, 0.05) is 24.3 Å². The fraction of sp³-hybridized carbons (Fsp3) is 0.176. The van der Waals surface area contributed by atoms with E-state index in [1.807, 2.05) is 0 Å². The van der Waals surface area contributed by atoms with Crippen molar-refractivity contribution in [1.82, 2.24) is 4.90 Å². The lowest BCUT2D eigenvalue weighted by Crippen LogP contribution is -2.27. The van der Waals surface area contributed by atoms with Gasteiger partial charge in [-0.3, -0.25) is 9.59 Å². The number of amides is 2. The van der Waals surface area contributed by atoms with Crippen LogP contribution in [-0.4, -0.2) is 37.4 Å². The predicted molar refractivity (Wildman–Crippen MR) is 92.7 cm³/mol. The first-order valence-electron chi connectivity index (χ1n) is 7.06. The summed E-state index contributed by atoms with van der Waals surface area (Å²) >= 11 is 3.22. The Kier molecular flexibility index (Phi) is 5.92. The molecule has 2 aromatic rings. The summed E-state index contributed by atoms with van der Waals surface area (Å²) in [4.78, 5) is 25.1. The molecular weight excluding hydrogens is 379 g/mol. The number of benzene rings is 2. The minimum absolute atomic E-state index is 0.0606. The highest BCUT2D eigenvalue weighted by atomic mass is 79.9. The molecule has 0 aliphatic rings. The number of anilines is 1. The number of carbonyl (C=O) groups excluding carboxylic acids is 2. The number of hydrogen-bond acceptors (Lipinski definition) is 3. The van der Waals surface area contributed by atoms with E-state index in [4.69, 9.17) is 4.74 Å². The Morgan fingerprint density at radius 1 is 1.17 bits per heavy atom. The molecule has 0 aliphatic carbocycles. The van der Waals surface area contributed by atoms with Crippen LogP contribution in [-0.2, 0) is 4.79 Å². The van der Waals surface area contributed by atoms with Crippen LogP contribution >= 0.6 is 15.9 Å². The molecule has 0 atom stereocenters. The zero-order valence-electron chi connectivity index (χ0n) is 13.2. The van der Waals surface area contributed by atoms with Crippen LogP contribution in [0, 0.1) is 5.82 Å². The number of nitrogens with zero attached hydrogens (tertiary/aromatic N) is 1. The molecule has 7 heteroatoms. The molecule has 5 nitrogen and oxygen atoms in total. The third kappa shape index (κ3) is 4.79. The van der Waals surface area contributed by atoms with Gasteiger partial charge < -0.3 is 15.0 Å². The topological polar surface area (TPSA) is 58.6 Å². The van der Waals surface area contributed by atoms with Crippen LogP contribution in [0.3, 0.4) is 0 Å². The molecule has 1 N–H and O–H groups in total. The smallest absolute Gasteiger partial charge is 0.259 e. The van der Waals surface area contributed by atoms with Crippen molar-refractivity contribution in [2.75, 3.05) is 26.0 Å². The van der Waals surface area contributed by atoms with E-state index < -0.39 is 11.7 Å². The fourth-order valence-electron chi connectivity index (χ4n) is 1.78. The predicted octanol–water partition coefficient (Wildman–Crippen LogP) is 3.31. The first-order valence-corrected chi connectivity index (χ1v) is 7.85. The van der Waals surface area contributed by atoms with Gasteiger partial charge in [-0.15, -0.1) is 0 Å². The van der Waals surface area contributed by atoms with Gasteiger partial charge in [0.05, 0.1) is 5.56 Å². The van der Waals surface area contributed by atoms with Crippen molar-refractivity contribution in [3.05, 3.63) is 58.3 Å². The Bertz CT molecular complexity index is 748. The minimum atomic E-state index is -0.488. The van der Waals surface area contributed by atoms with Crippen molar-refractivity contribution in [2.24, 2.45) is 0 Å². The summed E-state index contributed by atoms with van der Waals surface area (Å²) in [6.45, 7) is -0.0606. The van der Waals surface area contributed by atoms with Crippen molar-refractivity contribution >= 4 is 33.4 Å². The van der Waals surface area contributed by atoms with Crippen molar-refractivity contribution in [2.45, 2.75) is 0 Å². The molecule has 2 aromatic carbocycles. The molecule has 0 saturated carbocycles. The molecule has 0 saturated heterocycles. The molecule has 0 unspecified atom stereocenters. The quantitative estimate of drug-likeness (QED) is 0.845. The number of carbonyl (C=O) groups is 2. The molecule has 24 heavy (non-hydrogen) atoms. The molecule has 0 radical (unpaired) electrons. The molecule has 0 heterocycles. The zero-order valence-corrected chi connectivity index (χ0v) is 14.8. The lowest BCUT2D eigenvalue weighted by molar-refractivity contribution is -0.130. The molecular formula is C17H16BrFN2O3. The normalized spacial score (nSPS) is 10.2. The molecule has 0 bridgehead atoms. The van der Waals surface area contributed by atoms with E-state index in [0.29, 0.717) is 15.9 Å². The standard InChI is InChI=1S/C17H16BrFN2O3/c1-21(2)16(22)10-24-13-6-4-12(5-7-13)20-17(23)14-9-11(19)3-8-15(14)18/h3-9H,10H2,1-2H3,(H,20,23). The Hall–Kier alpha value is -2.41. The summed E-state index contributed by atoms with van der Waals surface area (Å²) in [6, 6.07) is 10.5. The highest BCUT2D eigenvalue weighted by Gasteiger charge is 2.12. The van der Waals surface area contributed by atoms with Crippen molar-refractivity contribution in [3.63, 3.8) is 0 Å². The number of rotatable bonds is 5. The molecule has 0 aromatic heterocycles. The van der Waals surface area contributed by atoms with Crippen LogP contribution in [0.15, 0.2) is 46.9 Å². The fourth-order valence-corrected chi connectivity index (χ4v) is 2.21. The molecule has 0 fully saturated rings. The van der Waals surface area contributed by atoms with E-state index in [2.05, 4.69) is 21.2 Å². The van der Waals surface area contributed by atoms with E-state index >= 15 is 0 Å². The van der Waals surface area contributed by atoms with Crippen LogP contribution < -0.4 is 10.1 Å². The lowest BCUT2D eigenvalue weighted by atomic mass is 10.2. The van der Waals surface area contributed by atoms with Crippen LogP contribution in [0.1, 0.15) is 10.4 Å². The van der Waals surface area contributed by atoms with Crippen LogP contribution in [0.5, 0.6) is 5.75 Å². The molecule has 0 spiro atoms. The number of likely N-dealkylation sites (N-methyl/N-ethyl adjacent to an activating group) is 1.